The van der Waals surface area contributed by atoms with Gasteiger partial charge in [-0.05, 0) is 67.4 Å². The van der Waals surface area contributed by atoms with Crippen molar-refractivity contribution in [2.24, 2.45) is 0 Å². The summed E-state index contributed by atoms with van der Waals surface area (Å²) >= 11 is 6.03. The first-order chi connectivity index (χ1) is 16.5. The van der Waals surface area contributed by atoms with Crippen LogP contribution in [-0.2, 0) is 6.54 Å². The highest BCUT2D eigenvalue weighted by atomic mass is 35.5. The zero-order valence-electron chi connectivity index (χ0n) is 19.3. The molecule has 4 aromatic rings. The van der Waals surface area contributed by atoms with Gasteiger partial charge in [-0.3, -0.25) is 9.47 Å². The maximum Gasteiger partial charge on any atom is 0.321 e. The molecule has 174 valence electrons. The molecule has 1 aliphatic heterocycles. The average Bonchev–Trinajstić information content (AvgIpc) is 3.16. The van der Waals surface area contributed by atoms with Crippen LogP contribution in [0.5, 0.6) is 0 Å². The molecule has 0 bridgehead atoms. The summed E-state index contributed by atoms with van der Waals surface area (Å²) in [6.07, 6.45) is 1.81. The number of benzene rings is 2. The van der Waals surface area contributed by atoms with Crippen molar-refractivity contribution in [3.05, 3.63) is 82.8 Å². The third-order valence-electron chi connectivity index (χ3n) is 6.05. The van der Waals surface area contributed by atoms with Gasteiger partial charge in [-0.1, -0.05) is 23.7 Å². The number of nitrogens with zero attached hydrogens (tertiary/aromatic N) is 5. The van der Waals surface area contributed by atoms with Gasteiger partial charge < -0.3 is 10.2 Å². The number of pyridine rings is 1. The summed E-state index contributed by atoms with van der Waals surface area (Å²) in [5, 5.41) is 3.54. The van der Waals surface area contributed by atoms with E-state index in [9.17, 15) is 4.79 Å². The molecule has 1 fully saturated rings. The molecule has 2 aromatic carbocycles. The number of piperazine rings is 1. The molecule has 0 saturated carbocycles. The largest absolute Gasteiger partial charge is 0.322 e. The average molecular weight is 475 g/mol. The smallest absolute Gasteiger partial charge is 0.321 e. The van der Waals surface area contributed by atoms with Crippen molar-refractivity contribution in [2.45, 2.75) is 20.4 Å². The second-order valence-electron chi connectivity index (χ2n) is 8.76. The van der Waals surface area contributed by atoms with Gasteiger partial charge in [-0.25, -0.2) is 14.8 Å². The first-order valence-electron chi connectivity index (χ1n) is 11.4. The Morgan fingerprint density at radius 1 is 1.00 bits per heavy atom. The summed E-state index contributed by atoms with van der Waals surface area (Å²) in [7, 11) is 0. The number of aryl methyl sites for hydroxylation is 2. The number of carbonyl (C=O) groups excluding carboxylic acids is 1. The van der Waals surface area contributed by atoms with Crippen LogP contribution in [0.3, 0.4) is 0 Å². The monoisotopic (exact) mass is 474 g/mol. The van der Waals surface area contributed by atoms with E-state index < -0.39 is 0 Å². The summed E-state index contributed by atoms with van der Waals surface area (Å²) < 4.78 is 2.16. The topological polar surface area (TPSA) is 66.3 Å². The minimum absolute atomic E-state index is 0.103. The molecule has 1 N–H and O–H groups in total. The lowest BCUT2D eigenvalue weighted by molar-refractivity contribution is 0.140. The van der Waals surface area contributed by atoms with Gasteiger partial charge in [0.15, 0.2) is 5.65 Å². The Kier molecular flexibility index (Phi) is 6.22. The Labute approximate surface area is 204 Å². The summed E-state index contributed by atoms with van der Waals surface area (Å²) in [6, 6.07) is 17.5. The Hall–Kier alpha value is -3.42. The molecule has 1 aliphatic rings. The number of urea groups is 1. The van der Waals surface area contributed by atoms with Crippen molar-refractivity contribution in [3.63, 3.8) is 0 Å². The highest BCUT2D eigenvalue weighted by Crippen LogP contribution is 2.23. The highest BCUT2D eigenvalue weighted by molar-refractivity contribution is 6.30. The van der Waals surface area contributed by atoms with Crippen LogP contribution >= 0.6 is 11.6 Å². The van der Waals surface area contributed by atoms with Gasteiger partial charge in [-0.2, -0.15) is 0 Å². The summed E-state index contributed by atoms with van der Waals surface area (Å²) in [4.78, 5) is 26.4. The van der Waals surface area contributed by atoms with Crippen LogP contribution in [0.4, 0.5) is 10.5 Å². The van der Waals surface area contributed by atoms with E-state index in [0.717, 1.165) is 35.8 Å². The number of hydrogen-bond acceptors (Lipinski definition) is 4. The molecule has 2 amide bonds. The number of hydrogen-bond donors (Lipinski definition) is 1. The molecule has 0 atom stereocenters. The predicted octanol–water partition coefficient (Wildman–Crippen LogP) is 5.04. The van der Waals surface area contributed by atoms with Crippen molar-refractivity contribution in [1.29, 1.82) is 0 Å². The number of carbonyl (C=O) groups is 1. The van der Waals surface area contributed by atoms with E-state index in [1.165, 1.54) is 11.1 Å². The summed E-state index contributed by atoms with van der Waals surface area (Å²) in [5.74, 6) is 0.954. The van der Waals surface area contributed by atoms with Gasteiger partial charge in [0.25, 0.3) is 0 Å². The Morgan fingerprint density at radius 2 is 1.76 bits per heavy atom. The summed E-state index contributed by atoms with van der Waals surface area (Å²) in [6.45, 7) is 7.74. The van der Waals surface area contributed by atoms with E-state index in [4.69, 9.17) is 16.6 Å². The predicted molar refractivity (Wildman–Crippen MR) is 136 cm³/mol. The molecule has 0 unspecified atom stereocenters. The third kappa shape index (κ3) is 4.76. The lowest BCUT2D eigenvalue weighted by atomic mass is 10.1. The lowest BCUT2D eigenvalue weighted by Gasteiger charge is -2.34. The number of imidazole rings is 1. The van der Waals surface area contributed by atoms with Gasteiger partial charge in [0.2, 0.25) is 0 Å². The van der Waals surface area contributed by atoms with Crippen LogP contribution in [0.2, 0.25) is 5.02 Å². The first kappa shape index (κ1) is 22.4. The third-order valence-corrected chi connectivity index (χ3v) is 6.29. The molecule has 8 heteroatoms. The molecule has 1 saturated heterocycles. The highest BCUT2D eigenvalue weighted by Gasteiger charge is 2.23. The van der Waals surface area contributed by atoms with Crippen molar-refractivity contribution in [3.8, 4) is 5.69 Å². The van der Waals surface area contributed by atoms with E-state index in [0.29, 0.717) is 30.3 Å². The van der Waals surface area contributed by atoms with Gasteiger partial charge in [0.1, 0.15) is 11.3 Å². The van der Waals surface area contributed by atoms with Crippen LogP contribution in [0.1, 0.15) is 17.0 Å². The van der Waals surface area contributed by atoms with E-state index >= 15 is 0 Å². The van der Waals surface area contributed by atoms with Gasteiger partial charge in [-0.15, -0.1) is 0 Å². The van der Waals surface area contributed by atoms with Crippen LogP contribution in [-0.4, -0.2) is 56.5 Å². The number of halogens is 1. The fourth-order valence-electron chi connectivity index (χ4n) is 4.49. The standard InChI is InChI=1S/C26H27ClN6O/c1-18-13-19(2)15-22(14-18)33-24(30-23-7-4-8-28-25(23)33)17-31-9-11-32(12-10-31)26(34)29-21-6-3-5-20(27)16-21/h3-8,13-16H,9-12,17H2,1-2H3,(H,29,34). The number of anilines is 1. The summed E-state index contributed by atoms with van der Waals surface area (Å²) in [5.41, 5.74) is 5.94. The molecular weight excluding hydrogens is 448 g/mol. The van der Waals surface area contributed by atoms with E-state index in [1.807, 2.05) is 35.4 Å². The van der Waals surface area contributed by atoms with Crippen LogP contribution < -0.4 is 5.32 Å². The minimum Gasteiger partial charge on any atom is -0.322 e. The Morgan fingerprint density at radius 3 is 2.50 bits per heavy atom. The van der Waals surface area contributed by atoms with Crippen LogP contribution in [0.15, 0.2) is 60.8 Å². The second kappa shape index (κ2) is 9.44. The number of rotatable bonds is 4. The van der Waals surface area contributed by atoms with E-state index in [-0.39, 0.29) is 6.03 Å². The fourth-order valence-corrected chi connectivity index (χ4v) is 4.68. The van der Waals surface area contributed by atoms with Gasteiger partial charge >= 0.3 is 6.03 Å². The maximum atomic E-state index is 12.7. The number of amides is 2. The first-order valence-corrected chi connectivity index (χ1v) is 11.8. The molecule has 3 heterocycles. The zero-order chi connectivity index (χ0) is 23.7. The van der Waals surface area contributed by atoms with Gasteiger partial charge in [0.05, 0.1) is 6.54 Å². The molecule has 0 spiro atoms. The molecule has 34 heavy (non-hydrogen) atoms. The molecule has 7 nitrogen and oxygen atoms in total. The molecule has 2 aromatic heterocycles. The molecule has 0 aliphatic carbocycles. The Balaban J connectivity index is 1.31. The second-order valence-corrected chi connectivity index (χ2v) is 9.20. The van der Waals surface area contributed by atoms with Crippen LogP contribution in [0.25, 0.3) is 16.9 Å². The van der Waals surface area contributed by atoms with Gasteiger partial charge in [0, 0.05) is 48.8 Å². The van der Waals surface area contributed by atoms with E-state index in [2.05, 4.69) is 51.8 Å². The fraction of sp³-hybridized carbons (Fsp3) is 0.269. The van der Waals surface area contributed by atoms with Crippen molar-refractivity contribution in [1.82, 2.24) is 24.3 Å². The van der Waals surface area contributed by atoms with Crippen LogP contribution in [0, 0.1) is 13.8 Å². The molecular formula is C26H27ClN6O. The normalized spacial score (nSPS) is 14.5. The van der Waals surface area contributed by atoms with Crippen molar-refractivity contribution in [2.75, 3.05) is 31.5 Å². The zero-order valence-corrected chi connectivity index (χ0v) is 20.1. The number of nitrogens with one attached hydrogen (secondary N) is 1. The number of aromatic nitrogens is 3. The SMILES string of the molecule is Cc1cc(C)cc(-n2c(CN3CCN(C(=O)Nc4cccc(Cl)c4)CC3)nc3cccnc32)c1. The Bertz CT molecular complexity index is 1320. The van der Waals surface area contributed by atoms with E-state index in [1.54, 1.807) is 12.1 Å². The van der Waals surface area contributed by atoms with Crippen molar-refractivity contribution < 1.29 is 4.79 Å². The lowest BCUT2D eigenvalue weighted by Crippen LogP contribution is -2.49. The number of fused-ring (bicyclic) bond motifs is 1. The molecule has 5 rings (SSSR count). The minimum atomic E-state index is -0.103. The quantitative estimate of drug-likeness (QED) is 0.450. The maximum absolute atomic E-state index is 12.7. The van der Waals surface area contributed by atoms with Crippen molar-refractivity contribution >= 4 is 34.5 Å². The molecule has 0 radical (unpaired) electrons.